The predicted octanol–water partition coefficient (Wildman–Crippen LogP) is 2.35. The molecule has 3 rings (SSSR count). The minimum Gasteiger partial charge on any atom is -0.383 e. The highest BCUT2D eigenvalue weighted by Gasteiger charge is 2.29. The number of hydrogen-bond donors (Lipinski definition) is 1. The summed E-state index contributed by atoms with van der Waals surface area (Å²) in [6.07, 6.45) is 3.00. The van der Waals surface area contributed by atoms with Gasteiger partial charge in [0.05, 0.1) is 43.4 Å². The molecule has 0 aliphatic carbocycles. The Morgan fingerprint density at radius 2 is 2.18 bits per heavy atom. The average molecular weight is 483 g/mol. The molecule has 182 valence electrons. The fourth-order valence-electron chi connectivity index (χ4n) is 3.75. The third-order valence-corrected chi connectivity index (χ3v) is 7.00. The number of rotatable bonds is 11. The van der Waals surface area contributed by atoms with Gasteiger partial charge in [-0.05, 0) is 25.8 Å². The summed E-state index contributed by atoms with van der Waals surface area (Å²) in [6.45, 7) is 3.98. The van der Waals surface area contributed by atoms with Crippen LogP contribution in [0.5, 0.6) is 0 Å². The average Bonchev–Trinajstić information content (AvgIpc) is 3.43. The van der Waals surface area contributed by atoms with Gasteiger partial charge in [-0.15, -0.1) is 0 Å². The van der Waals surface area contributed by atoms with Crippen molar-refractivity contribution in [1.29, 1.82) is 0 Å². The van der Waals surface area contributed by atoms with Crippen LogP contribution in [-0.4, -0.2) is 68.4 Å². The number of ether oxygens (including phenoxy) is 2. The standard InChI is InChI=1S/C22H31FN4O5S/c1-3-24-21(28)26(10-12-31-2)14-18-13-25-22(27(18)15-19-8-6-11-32-19)33(29,30)16-17-7-4-5-9-20(17)23/h4-5,7,9,13,19H,3,6,8,10-12,14-16H2,1-2H3,(H,24,28)/t19-/m0/s1. The molecule has 2 amide bonds. The first-order chi connectivity index (χ1) is 15.9. The van der Waals surface area contributed by atoms with Crippen LogP contribution in [0.4, 0.5) is 9.18 Å². The summed E-state index contributed by atoms with van der Waals surface area (Å²) < 4.78 is 53.1. The number of urea groups is 1. The lowest BCUT2D eigenvalue weighted by Gasteiger charge is -2.24. The zero-order valence-corrected chi connectivity index (χ0v) is 19.8. The molecule has 0 spiro atoms. The molecule has 33 heavy (non-hydrogen) atoms. The Morgan fingerprint density at radius 1 is 1.39 bits per heavy atom. The maximum atomic E-state index is 14.1. The van der Waals surface area contributed by atoms with Crippen molar-refractivity contribution < 1.29 is 27.1 Å². The molecule has 0 bridgehead atoms. The largest absolute Gasteiger partial charge is 0.383 e. The number of aromatic nitrogens is 2. The monoisotopic (exact) mass is 482 g/mol. The molecule has 1 aliphatic rings. The fraction of sp³-hybridized carbons (Fsp3) is 0.545. The summed E-state index contributed by atoms with van der Waals surface area (Å²) in [5.74, 6) is -1.09. The van der Waals surface area contributed by atoms with E-state index in [1.807, 2.05) is 6.92 Å². The van der Waals surface area contributed by atoms with Gasteiger partial charge in [0.2, 0.25) is 15.0 Å². The number of imidazole rings is 1. The Morgan fingerprint density at radius 3 is 2.85 bits per heavy atom. The maximum Gasteiger partial charge on any atom is 0.317 e. The Labute approximate surface area is 193 Å². The number of carbonyl (C=O) groups excluding carboxylic acids is 1. The molecule has 1 aromatic heterocycles. The predicted molar refractivity (Wildman–Crippen MR) is 120 cm³/mol. The Bertz CT molecular complexity index is 1040. The van der Waals surface area contributed by atoms with E-state index in [9.17, 15) is 17.6 Å². The quantitative estimate of drug-likeness (QED) is 0.528. The Balaban J connectivity index is 1.93. The molecule has 0 unspecified atom stereocenters. The van der Waals surface area contributed by atoms with Gasteiger partial charge in [0.25, 0.3) is 0 Å². The summed E-state index contributed by atoms with van der Waals surface area (Å²) in [4.78, 5) is 18.3. The molecule has 1 aliphatic heterocycles. The molecule has 1 atom stereocenters. The van der Waals surface area contributed by atoms with Crippen LogP contribution in [0.1, 0.15) is 31.0 Å². The second-order valence-corrected chi connectivity index (χ2v) is 9.76. The lowest BCUT2D eigenvalue weighted by atomic mass is 10.2. The SMILES string of the molecule is CCNC(=O)N(CCOC)Cc1cnc(S(=O)(=O)Cc2ccccc2F)n1C[C@@H]1CCCO1. The molecular formula is C22H31FN4O5S. The van der Waals surface area contributed by atoms with Crippen molar-refractivity contribution >= 4 is 15.9 Å². The minimum absolute atomic E-state index is 0.0785. The zero-order chi connectivity index (χ0) is 23.8. The molecular weight excluding hydrogens is 451 g/mol. The molecule has 1 aromatic carbocycles. The number of hydrogen-bond acceptors (Lipinski definition) is 6. The molecule has 1 saturated heterocycles. The lowest BCUT2D eigenvalue weighted by molar-refractivity contribution is 0.0931. The van der Waals surface area contributed by atoms with Gasteiger partial charge >= 0.3 is 6.03 Å². The second kappa shape index (κ2) is 11.6. The molecule has 0 saturated carbocycles. The van der Waals surface area contributed by atoms with Crippen LogP contribution < -0.4 is 5.32 Å². The molecule has 9 nitrogen and oxygen atoms in total. The van der Waals surface area contributed by atoms with Gasteiger partial charge in [-0.2, -0.15) is 0 Å². The van der Waals surface area contributed by atoms with Crippen LogP contribution in [0.15, 0.2) is 35.6 Å². The summed E-state index contributed by atoms with van der Waals surface area (Å²) >= 11 is 0. The third kappa shape index (κ3) is 6.52. The van der Waals surface area contributed by atoms with Gasteiger partial charge in [-0.3, -0.25) is 0 Å². The van der Waals surface area contributed by atoms with Gasteiger partial charge in [0, 0.05) is 32.4 Å². The van der Waals surface area contributed by atoms with Crippen molar-refractivity contribution in [2.75, 3.05) is 33.4 Å². The highest BCUT2D eigenvalue weighted by atomic mass is 32.2. The fourth-order valence-corrected chi connectivity index (χ4v) is 5.26. The van der Waals surface area contributed by atoms with Crippen LogP contribution >= 0.6 is 0 Å². The lowest BCUT2D eigenvalue weighted by Crippen LogP contribution is -2.41. The molecule has 2 heterocycles. The van der Waals surface area contributed by atoms with Crippen molar-refractivity contribution in [1.82, 2.24) is 19.8 Å². The summed E-state index contributed by atoms with van der Waals surface area (Å²) in [5.41, 5.74) is 0.634. The first kappa shape index (κ1) is 25.1. The highest BCUT2D eigenvalue weighted by Crippen LogP contribution is 2.23. The van der Waals surface area contributed by atoms with E-state index in [4.69, 9.17) is 9.47 Å². The number of methoxy groups -OCH3 is 1. The smallest absolute Gasteiger partial charge is 0.317 e. The normalized spacial score (nSPS) is 16.2. The van der Waals surface area contributed by atoms with Crippen LogP contribution in [0.2, 0.25) is 0 Å². The number of nitrogens with zero attached hydrogens (tertiary/aromatic N) is 3. The van der Waals surface area contributed by atoms with Crippen LogP contribution in [0, 0.1) is 5.82 Å². The number of sulfone groups is 1. The second-order valence-electron chi connectivity index (χ2n) is 7.88. The third-order valence-electron chi connectivity index (χ3n) is 5.43. The number of halogens is 1. The van der Waals surface area contributed by atoms with E-state index in [-0.39, 0.29) is 35.9 Å². The van der Waals surface area contributed by atoms with E-state index < -0.39 is 21.4 Å². The van der Waals surface area contributed by atoms with Gasteiger partial charge < -0.3 is 24.3 Å². The van der Waals surface area contributed by atoms with Crippen LogP contribution in [0.25, 0.3) is 0 Å². The Hall–Kier alpha value is -2.50. The van der Waals surface area contributed by atoms with Crippen LogP contribution in [-0.2, 0) is 38.2 Å². The van der Waals surface area contributed by atoms with Gasteiger partial charge in [0.15, 0.2) is 0 Å². The molecule has 1 fully saturated rings. The van der Waals surface area contributed by atoms with Crippen molar-refractivity contribution in [2.45, 2.75) is 49.9 Å². The minimum atomic E-state index is -3.96. The maximum absolute atomic E-state index is 14.1. The van der Waals surface area contributed by atoms with Gasteiger partial charge in [0.1, 0.15) is 5.82 Å². The summed E-state index contributed by atoms with van der Waals surface area (Å²) in [6, 6.07) is 5.50. The van der Waals surface area contributed by atoms with Crippen molar-refractivity contribution in [3.63, 3.8) is 0 Å². The number of nitrogens with one attached hydrogen (secondary N) is 1. The van der Waals surface area contributed by atoms with Gasteiger partial charge in [-0.25, -0.2) is 22.6 Å². The van der Waals surface area contributed by atoms with Crippen LogP contribution in [0.3, 0.4) is 0 Å². The van der Waals surface area contributed by atoms with E-state index >= 15 is 0 Å². The summed E-state index contributed by atoms with van der Waals surface area (Å²) in [7, 11) is -2.41. The highest BCUT2D eigenvalue weighted by molar-refractivity contribution is 7.90. The molecule has 11 heteroatoms. The molecule has 2 aromatic rings. The summed E-state index contributed by atoms with van der Waals surface area (Å²) in [5, 5.41) is 2.61. The van der Waals surface area contributed by atoms with E-state index in [1.165, 1.54) is 24.4 Å². The van der Waals surface area contributed by atoms with Crippen molar-refractivity contribution in [3.05, 3.63) is 47.5 Å². The zero-order valence-electron chi connectivity index (χ0n) is 19.0. The number of carbonyl (C=O) groups is 1. The van der Waals surface area contributed by atoms with Gasteiger partial charge in [-0.1, -0.05) is 18.2 Å². The number of amides is 2. The first-order valence-corrected chi connectivity index (χ1v) is 12.6. The molecule has 0 radical (unpaired) electrons. The Kier molecular flexibility index (Phi) is 8.81. The van der Waals surface area contributed by atoms with E-state index in [2.05, 4.69) is 10.3 Å². The van der Waals surface area contributed by atoms with E-state index in [0.717, 1.165) is 12.8 Å². The molecule has 1 N–H and O–H groups in total. The topological polar surface area (TPSA) is 103 Å². The van der Waals surface area contributed by atoms with E-state index in [0.29, 0.717) is 32.0 Å². The van der Waals surface area contributed by atoms with E-state index in [1.54, 1.807) is 22.6 Å². The first-order valence-electron chi connectivity index (χ1n) is 11.0. The van der Waals surface area contributed by atoms with Crippen molar-refractivity contribution in [2.24, 2.45) is 0 Å². The number of benzene rings is 1. The van der Waals surface area contributed by atoms with Crippen molar-refractivity contribution in [3.8, 4) is 0 Å².